The lowest BCUT2D eigenvalue weighted by Gasteiger charge is -1.91. The summed E-state index contributed by atoms with van der Waals surface area (Å²) in [6, 6.07) is 0.799. The van der Waals surface area contributed by atoms with Gasteiger partial charge in [-0.15, -0.1) is 0 Å². The summed E-state index contributed by atoms with van der Waals surface area (Å²) in [5.74, 6) is 0. The van der Waals surface area contributed by atoms with Crippen LogP contribution in [0.1, 0.15) is 27.2 Å². The molecule has 7 heavy (non-hydrogen) atoms. The van der Waals surface area contributed by atoms with Crippen LogP contribution in [0.25, 0.3) is 0 Å². The first kappa shape index (κ1) is 5.10. The summed E-state index contributed by atoms with van der Waals surface area (Å²) in [5, 5.41) is 3.36. The van der Waals surface area contributed by atoms with Gasteiger partial charge in [-0.3, -0.25) is 0 Å². The van der Waals surface area contributed by atoms with Crippen molar-refractivity contribution in [1.82, 2.24) is 5.32 Å². The van der Waals surface area contributed by atoms with E-state index in [2.05, 4.69) is 26.1 Å². The van der Waals surface area contributed by atoms with E-state index in [1.165, 1.54) is 6.42 Å². The number of hydrogen-bond acceptors (Lipinski definition) is 1. The molecule has 1 saturated heterocycles. The maximum absolute atomic E-state index is 3.36. The first-order chi connectivity index (χ1) is 3.17. The molecule has 1 aliphatic heterocycles. The maximum Gasteiger partial charge on any atom is 0.0281 e. The minimum Gasteiger partial charge on any atom is -0.306 e. The second-order valence-electron chi connectivity index (χ2n) is 2.83. The Labute approximate surface area is 45.1 Å². The number of hydrogen-bond donors (Lipinski definition) is 1. The summed E-state index contributed by atoms with van der Waals surface area (Å²) in [6.07, 6.45) is 1.27. The van der Waals surface area contributed by atoms with E-state index in [0.29, 0.717) is 5.54 Å². The smallest absolute Gasteiger partial charge is 0.0281 e. The van der Waals surface area contributed by atoms with E-state index in [1.54, 1.807) is 0 Å². The highest BCUT2D eigenvalue weighted by molar-refractivity contribution is 5.06. The van der Waals surface area contributed by atoms with E-state index in [0.717, 1.165) is 6.04 Å². The summed E-state index contributed by atoms with van der Waals surface area (Å²) in [7, 11) is 0. The van der Waals surface area contributed by atoms with Gasteiger partial charge >= 0.3 is 0 Å². The first-order valence-electron chi connectivity index (χ1n) is 2.94. The van der Waals surface area contributed by atoms with Crippen LogP contribution in [0.3, 0.4) is 0 Å². The number of nitrogens with one attached hydrogen (secondary N) is 1. The summed E-state index contributed by atoms with van der Waals surface area (Å²) in [4.78, 5) is 0. The Balaban J connectivity index is 2.30. The van der Waals surface area contributed by atoms with Gasteiger partial charge in [-0.1, -0.05) is 6.92 Å². The third kappa shape index (κ3) is 0.778. The molecule has 0 aromatic rings. The standard InChI is InChI=1S/C6H13N/c1-4-5-6(2,3)7-5/h5,7H,4H2,1-3H3. The van der Waals surface area contributed by atoms with Crippen LogP contribution in [0.4, 0.5) is 0 Å². The Morgan fingerprint density at radius 1 is 1.57 bits per heavy atom. The largest absolute Gasteiger partial charge is 0.306 e. The van der Waals surface area contributed by atoms with Crippen molar-refractivity contribution < 1.29 is 0 Å². The van der Waals surface area contributed by atoms with E-state index in [1.807, 2.05) is 0 Å². The maximum atomic E-state index is 3.36. The van der Waals surface area contributed by atoms with Crippen LogP contribution in [-0.4, -0.2) is 11.6 Å². The van der Waals surface area contributed by atoms with Crippen LogP contribution >= 0.6 is 0 Å². The van der Waals surface area contributed by atoms with Crippen LogP contribution < -0.4 is 5.32 Å². The summed E-state index contributed by atoms with van der Waals surface area (Å²) in [6.45, 7) is 6.69. The van der Waals surface area contributed by atoms with Crippen LogP contribution in [0.5, 0.6) is 0 Å². The van der Waals surface area contributed by atoms with E-state index >= 15 is 0 Å². The van der Waals surface area contributed by atoms with E-state index in [-0.39, 0.29) is 0 Å². The molecule has 0 bridgehead atoms. The molecule has 1 heterocycles. The fraction of sp³-hybridized carbons (Fsp3) is 1.00. The molecule has 1 fully saturated rings. The van der Waals surface area contributed by atoms with Crippen molar-refractivity contribution >= 4 is 0 Å². The SMILES string of the molecule is CCC1NC1(C)C. The molecule has 0 aromatic heterocycles. The molecular weight excluding hydrogens is 86.1 g/mol. The summed E-state index contributed by atoms with van der Waals surface area (Å²) in [5.41, 5.74) is 0.467. The molecule has 1 rings (SSSR count). The van der Waals surface area contributed by atoms with Crippen LogP contribution in [0.15, 0.2) is 0 Å². The Morgan fingerprint density at radius 3 is 2.00 bits per heavy atom. The van der Waals surface area contributed by atoms with Gasteiger partial charge in [0.25, 0.3) is 0 Å². The molecule has 1 unspecified atom stereocenters. The molecule has 0 radical (unpaired) electrons. The molecule has 0 aromatic carbocycles. The molecular formula is C6H13N. The minimum absolute atomic E-state index is 0.467. The number of rotatable bonds is 1. The third-order valence-electron chi connectivity index (χ3n) is 1.74. The fourth-order valence-corrected chi connectivity index (χ4v) is 1.02. The minimum atomic E-state index is 0.467. The van der Waals surface area contributed by atoms with Gasteiger partial charge in [0.15, 0.2) is 0 Å². The second-order valence-corrected chi connectivity index (χ2v) is 2.83. The van der Waals surface area contributed by atoms with Gasteiger partial charge in [0.1, 0.15) is 0 Å². The lowest BCUT2D eigenvalue weighted by Crippen LogP contribution is -2.02. The molecule has 0 amide bonds. The Morgan fingerprint density at radius 2 is 2.00 bits per heavy atom. The van der Waals surface area contributed by atoms with Crippen molar-refractivity contribution in [3.05, 3.63) is 0 Å². The zero-order valence-electron chi connectivity index (χ0n) is 5.28. The van der Waals surface area contributed by atoms with Gasteiger partial charge < -0.3 is 5.32 Å². The van der Waals surface area contributed by atoms with Crippen LogP contribution in [0, 0.1) is 0 Å². The van der Waals surface area contributed by atoms with Crippen molar-refractivity contribution in [2.45, 2.75) is 38.8 Å². The van der Waals surface area contributed by atoms with E-state index in [9.17, 15) is 0 Å². The Bertz CT molecular complexity index is 76.2. The van der Waals surface area contributed by atoms with Crippen molar-refractivity contribution in [2.24, 2.45) is 0 Å². The normalized spacial score (nSPS) is 35.6. The molecule has 0 saturated carbocycles. The lowest BCUT2D eigenvalue weighted by molar-refractivity contribution is 0.725. The topological polar surface area (TPSA) is 21.9 Å². The molecule has 1 aliphatic rings. The quantitative estimate of drug-likeness (QED) is 0.489. The fourth-order valence-electron chi connectivity index (χ4n) is 1.02. The van der Waals surface area contributed by atoms with Crippen molar-refractivity contribution in [2.75, 3.05) is 0 Å². The van der Waals surface area contributed by atoms with Gasteiger partial charge in [0.05, 0.1) is 0 Å². The van der Waals surface area contributed by atoms with Crippen molar-refractivity contribution in [1.29, 1.82) is 0 Å². The molecule has 0 spiro atoms. The van der Waals surface area contributed by atoms with Gasteiger partial charge in [-0.25, -0.2) is 0 Å². The second kappa shape index (κ2) is 1.22. The van der Waals surface area contributed by atoms with Gasteiger partial charge in [0.2, 0.25) is 0 Å². The summed E-state index contributed by atoms with van der Waals surface area (Å²) < 4.78 is 0. The average Bonchev–Trinajstić information content (AvgIpc) is 2.13. The molecule has 0 aliphatic carbocycles. The molecule has 42 valence electrons. The highest BCUT2D eigenvalue weighted by Gasteiger charge is 2.42. The zero-order valence-corrected chi connectivity index (χ0v) is 5.28. The highest BCUT2D eigenvalue weighted by Crippen LogP contribution is 2.26. The van der Waals surface area contributed by atoms with Crippen LogP contribution in [0.2, 0.25) is 0 Å². The monoisotopic (exact) mass is 99.1 g/mol. The molecule has 1 nitrogen and oxygen atoms in total. The van der Waals surface area contributed by atoms with Gasteiger partial charge in [0, 0.05) is 11.6 Å². The van der Waals surface area contributed by atoms with Gasteiger partial charge in [-0.05, 0) is 20.3 Å². The van der Waals surface area contributed by atoms with Crippen molar-refractivity contribution in [3.63, 3.8) is 0 Å². The van der Waals surface area contributed by atoms with E-state index in [4.69, 9.17) is 0 Å². The Hall–Kier alpha value is -0.0400. The third-order valence-corrected chi connectivity index (χ3v) is 1.74. The lowest BCUT2D eigenvalue weighted by atomic mass is 10.1. The predicted molar refractivity (Wildman–Crippen MR) is 31.3 cm³/mol. The summed E-state index contributed by atoms with van der Waals surface area (Å²) >= 11 is 0. The average molecular weight is 99.2 g/mol. The highest BCUT2D eigenvalue weighted by atomic mass is 15.2. The van der Waals surface area contributed by atoms with E-state index < -0.39 is 0 Å². The van der Waals surface area contributed by atoms with Gasteiger partial charge in [-0.2, -0.15) is 0 Å². The molecule has 1 heteroatoms. The van der Waals surface area contributed by atoms with Crippen molar-refractivity contribution in [3.8, 4) is 0 Å². The van der Waals surface area contributed by atoms with Crippen LogP contribution in [-0.2, 0) is 0 Å². The first-order valence-corrected chi connectivity index (χ1v) is 2.94. The molecule has 1 N–H and O–H groups in total. The molecule has 1 atom stereocenters. The zero-order chi connectivity index (χ0) is 5.49. The predicted octanol–water partition coefficient (Wildman–Crippen LogP) is 1.15. The Kier molecular flexibility index (Phi) is 0.890.